The molecule has 10 heavy (non-hydrogen) atoms. The Morgan fingerprint density at radius 2 is 2.00 bits per heavy atom. The van der Waals surface area contributed by atoms with E-state index in [9.17, 15) is 18.0 Å². The van der Waals surface area contributed by atoms with Gasteiger partial charge in [0.15, 0.2) is 0 Å². The highest BCUT2D eigenvalue weighted by atomic mass is 19.3. The van der Waals surface area contributed by atoms with E-state index in [1.165, 1.54) is 6.92 Å². The summed E-state index contributed by atoms with van der Waals surface area (Å²) in [5, 5.41) is 0. The minimum Gasteiger partial charge on any atom is -0.464 e. The number of carbonyl (C=O) groups excluding carboxylic acids is 1. The third kappa shape index (κ3) is 2.70. The highest BCUT2D eigenvalue weighted by Crippen LogP contribution is 2.06. The summed E-state index contributed by atoms with van der Waals surface area (Å²) in [7, 11) is 0. The molecule has 0 saturated carbocycles. The molecule has 5 heteroatoms. The van der Waals surface area contributed by atoms with Crippen molar-refractivity contribution in [2.75, 3.05) is 6.61 Å². The van der Waals surface area contributed by atoms with Gasteiger partial charge in [-0.3, -0.25) is 0 Å². The van der Waals surface area contributed by atoms with Crippen LogP contribution in [-0.2, 0) is 9.53 Å². The van der Waals surface area contributed by atoms with Crippen molar-refractivity contribution in [3.8, 4) is 0 Å². The van der Waals surface area contributed by atoms with Crippen LogP contribution in [-0.4, -0.2) is 25.2 Å². The van der Waals surface area contributed by atoms with E-state index in [-0.39, 0.29) is 6.61 Å². The zero-order valence-corrected chi connectivity index (χ0v) is 5.31. The number of hydrogen-bond donors (Lipinski definition) is 0. The van der Waals surface area contributed by atoms with E-state index >= 15 is 0 Å². The molecule has 0 spiro atoms. The van der Waals surface area contributed by atoms with Gasteiger partial charge >= 0.3 is 5.97 Å². The largest absolute Gasteiger partial charge is 0.464 e. The van der Waals surface area contributed by atoms with Gasteiger partial charge in [-0.2, -0.15) is 0 Å². The summed E-state index contributed by atoms with van der Waals surface area (Å²) < 4.78 is 38.5. The fourth-order valence-corrected chi connectivity index (χ4v) is 0.325. The molecule has 1 unspecified atom stereocenters. The molecule has 0 radical (unpaired) electrons. The summed E-state index contributed by atoms with van der Waals surface area (Å²) in [5.74, 6) is -1.50. The Hall–Kier alpha value is -0.740. The molecule has 0 fully saturated rings. The molecule has 60 valence electrons. The van der Waals surface area contributed by atoms with Gasteiger partial charge in [-0.25, -0.2) is 18.0 Å². The Morgan fingerprint density at radius 3 is 2.30 bits per heavy atom. The van der Waals surface area contributed by atoms with Gasteiger partial charge in [0.2, 0.25) is 0 Å². The predicted molar refractivity (Wildman–Crippen MR) is 27.5 cm³/mol. The van der Waals surface area contributed by atoms with Gasteiger partial charge < -0.3 is 4.74 Å². The van der Waals surface area contributed by atoms with E-state index in [1.807, 2.05) is 0 Å². The van der Waals surface area contributed by atoms with Crippen LogP contribution in [0.15, 0.2) is 0 Å². The van der Waals surface area contributed by atoms with Gasteiger partial charge in [-0.1, -0.05) is 0 Å². The van der Waals surface area contributed by atoms with Crippen LogP contribution in [0.25, 0.3) is 0 Å². The summed E-state index contributed by atoms with van der Waals surface area (Å²) in [4.78, 5) is 10.1. The third-order valence-electron chi connectivity index (χ3n) is 0.733. The molecule has 0 saturated heterocycles. The van der Waals surface area contributed by atoms with Gasteiger partial charge in [-0.15, -0.1) is 0 Å². The summed E-state index contributed by atoms with van der Waals surface area (Å²) in [6.07, 6.45) is -6.10. The summed E-state index contributed by atoms with van der Waals surface area (Å²) >= 11 is 0. The highest BCUT2D eigenvalue weighted by molar-refractivity contribution is 5.74. The Morgan fingerprint density at radius 1 is 1.50 bits per heavy atom. The van der Waals surface area contributed by atoms with Crippen molar-refractivity contribution in [2.24, 2.45) is 0 Å². The van der Waals surface area contributed by atoms with E-state index in [2.05, 4.69) is 4.74 Å². The lowest BCUT2D eigenvalue weighted by atomic mass is 10.4. The van der Waals surface area contributed by atoms with Crippen molar-refractivity contribution in [1.29, 1.82) is 0 Å². The average Bonchev–Trinajstić information content (AvgIpc) is 1.87. The number of esters is 1. The van der Waals surface area contributed by atoms with Crippen molar-refractivity contribution in [3.05, 3.63) is 0 Å². The standard InChI is InChI=1S/C5H7F3O2/c1-2-10-5(9)3(6)4(7)8/h3-4H,2H2,1H3. The number of carbonyl (C=O) groups is 1. The van der Waals surface area contributed by atoms with Crippen LogP contribution in [0.4, 0.5) is 13.2 Å². The SMILES string of the molecule is CCOC(=O)C(F)C(F)F. The molecule has 0 bridgehead atoms. The fourth-order valence-electron chi connectivity index (χ4n) is 0.325. The minimum absolute atomic E-state index is 0.0913. The number of hydrogen-bond acceptors (Lipinski definition) is 2. The lowest BCUT2D eigenvalue weighted by Gasteiger charge is -2.04. The number of ether oxygens (including phenoxy) is 1. The molecule has 2 nitrogen and oxygen atoms in total. The smallest absolute Gasteiger partial charge is 0.346 e. The maximum atomic E-state index is 11.9. The van der Waals surface area contributed by atoms with Gasteiger partial charge in [0.05, 0.1) is 6.61 Å². The maximum absolute atomic E-state index is 11.9. The molecular weight excluding hydrogens is 149 g/mol. The van der Waals surface area contributed by atoms with Crippen molar-refractivity contribution >= 4 is 5.97 Å². The Labute approximate surface area is 56.0 Å². The van der Waals surface area contributed by atoms with E-state index in [0.29, 0.717) is 0 Å². The van der Waals surface area contributed by atoms with E-state index in [0.717, 1.165) is 0 Å². The van der Waals surface area contributed by atoms with Crippen molar-refractivity contribution in [1.82, 2.24) is 0 Å². The van der Waals surface area contributed by atoms with E-state index in [1.54, 1.807) is 0 Å². The normalized spacial score (nSPS) is 13.3. The molecule has 0 aliphatic heterocycles. The van der Waals surface area contributed by atoms with E-state index < -0.39 is 18.6 Å². The van der Waals surface area contributed by atoms with Crippen LogP contribution in [0.1, 0.15) is 6.92 Å². The highest BCUT2D eigenvalue weighted by Gasteiger charge is 2.28. The molecule has 0 amide bonds. The first-order chi connectivity index (χ1) is 4.59. The Kier molecular flexibility index (Phi) is 3.83. The molecule has 0 aromatic rings. The number of alkyl halides is 3. The molecule has 0 N–H and O–H groups in total. The molecule has 0 heterocycles. The molecule has 0 aliphatic carbocycles. The minimum atomic E-state index is -3.29. The Balaban J connectivity index is 3.71. The molecule has 0 aromatic carbocycles. The summed E-state index contributed by atoms with van der Waals surface area (Å²) in [6, 6.07) is 0. The summed E-state index contributed by atoms with van der Waals surface area (Å²) in [5.41, 5.74) is 0. The molecule has 0 aromatic heterocycles. The van der Waals surface area contributed by atoms with Crippen LogP contribution < -0.4 is 0 Å². The van der Waals surface area contributed by atoms with Gasteiger partial charge in [0.1, 0.15) is 0 Å². The zero-order valence-electron chi connectivity index (χ0n) is 5.31. The summed E-state index contributed by atoms with van der Waals surface area (Å²) in [6.45, 7) is 1.32. The third-order valence-corrected chi connectivity index (χ3v) is 0.733. The number of rotatable bonds is 3. The van der Waals surface area contributed by atoms with Gasteiger partial charge in [0.25, 0.3) is 12.6 Å². The van der Waals surface area contributed by atoms with Crippen molar-refractivity contribution in [3.63, 3.8) is 0 Å². The predicted octanol–water partition coefficient (Wildman–Crippen LogP) is 1.15. The zero-order chi connectivity index (χ0) is 8.15. The fraction of sp³-hybridized carbons (Fsp3) is 0.800. The van der Waals surface area contributed by atoms with Crippen molar-refractivity contribution in [2.45, 2.75) is 19.5 Å². The second-order valence-corrected chi connectivity index (χ2v) is 1.49. The topological polar surface area (TPSA) is 26.3 Å². The van der Waals surface area contributed by atoms with Crippen LogP contribution in [0.3, 0.4) is 0 Å². The monoisotopic (exact) mass is 156 g/mol. The molecule has 0 aliphatic rings. The first-order valence-electron chi connectivity index (χ1n) is 2.68. The number of halogens is 3. The van der Waals surface area contributed by atoms with Gasteiger partial charge in [-0.05, 0) is 6.92 Å². The first kappa shape index (κ1) is 9.26. The quantitative estimate of drug-likeness (QED) is 0.573. The van der Waals surface area contributed by atoms with Crippen LogP contribution >= 0.6 is 0 Å². The second kappa shape index (κ2) is 4.14. The molecule has 1 atom stereocenters. The average molecular weight is 156 g/mol. The molecular formula is C5H7F3O2. The van der Waals surface area contributed by atoms with Crippen molar-refractivity contribution < 1.29 is 22.7 Å². The molecule has 0 rings (SSSR count). The maximum Gasteiger partial charge on any atom is 0.346 e. The lowest BCUT2D eigenvalue weighted by Crippen LogP contribution is -2.25. The second-order valence-electron chi connectivity index (χ2n) is 1.49. The van der Waals surface area contributed by atoms with Crippen LogP contribution in [0, 0.1) is 0 Å². The van der Waals surface area contributed by atoms with E-state index in [4.69, 9.17) is 0 Å². The first-order valence-corrected chi connectivity index (χ1v) is 2.68. The van der Waals surface area contributed by atoms with Crippen LogP contribution in [0.2, 0.25) is 0 Å². The van der Waals surface area contributed by atoms with Gasteiger partial charge in [0, 0.05) is 0 Å². The Bertz CT molecular complexity index is 115. The van der Waals surface area contributed by atoms with Crippen LogP contribution in [0.5, 0.6) is 0 Å². The lowest BCUT2D eigenvalue weighted by molar-refractivity contribution is -0.154.